The van der Waals surface area contributed by atoms with Gasteiger partial charge >= 0.3 is 0 Å². The zero-order valence-electron chi connectivity index (χ0n) is 32.8. The minimum absolute atomic E-state index is 0.795. The summed E-state index contributed by atoms with van der Waals surface area (Å²) in [6.45, 7) is -2.18. The largest absolute Gasteiger partial charge is 0.309 e. The fourth-order valence-electron chi connectivity index (χ4n) is 9.26. The van der Waals surface area contributed by atoms with Crippen LogP contribution in [0.3, 0.4) is 0 Å². The van der Waals surface area contributed by atoms with Gasteiger partial charge in [-0.1, -0.05) is 200 Å². The fraction of sp³-hybridized carbons (Fsp3) is 0. The van der Waals surface area contributed by atoms with Gasteiger partial charge in [-0.3, -0.25) is 0 Å². The number of para-hydroxylation sites is 2. The molecule has 5 heteroatoms. The van der Waals surface area contributed by atoms with E-state index in [2.05, 4.69) is 173 Å². The van der Waals surface area contributed by atoms with Crippen molar-refractivity contribution in [1.29, 1.82) is 0 Å². The summed E-state index contributed by atoms with van der Waals surface area (Å²) in [7, 11) is -3.24. The third kappa shape index (κ3) is 5.55. The third-order valence-electron chi connectivity index (χ3n) is 12.1. The highest BCUT2D eigenvalue weighted by atomic mass is 31.2. The third-order valence-corrected chi connectivity index (χ3v) is 18.7. The van der Waals surface area contributed by atoms with Crippen LogP contribution in [0.2, 0.25) is 0 Å². The van der Waals surface area contributed by atoms with Crippen LogP contribution in [0.15, 0.2) is 231 Å². The van der Waals surface area contributed by atoms with Gasteiger partial charge in [0.2, 0.25) is 0 Å². The number of hydrogen-bond donors (Lipinski definition) is 0. The van der Waals surface area contributed by atoms with Gasteiger partial charge in [-0.25, -0.2) is 0 Å². The Balaban J connectivity index is 1.18. The molecule has 286 valence electrons. The molecular formula is C55H40N2OP2. The van der Waals surface area contributed by atoms with E-state index in [1.807, 2.05) is 66.7 Å². The van der Waals surface area contributed by atoms with Crippen LogP contribution in [0.5, 0.6) is 0 Å². The van der Waals surface area contributed by atoms with Crippen LogP contribution in [-0.2, 0) is 4.57 Å². The van der Waals surface area contributed by atoms with E-state index >= 15 is 4.57 Å². The van der Waals surface area contributed by atoms with Gasteiger partial charge < -0.3 is 13.7 Å². The molecule has 0 N–H and O–H groups in total. The van der Waals surface area contributed by atoms with E-state index in [4.69, 9.17) is 6.30 Å². The van der Waals surface area contributed by atoms with Crippen molar-refractivity contribution < 1.29 is 4.57 Å². The molecule has 0 aliphatic rings. The SMILES string of the molecule is C=P(c1ccccc1)(c1ccccc1)c1ccc(-n2c3ccccc3c3ccc4c5ccccc5n(-c5cccc(P(=O)(c6ccccc6)c6ccccc6)c5)c4c32)cc1. The second-order valence-corrected chi connectivity index (χ2v) is 21.3. The first kappa shape index (κ1) is 36.2. The Hall–Kier alpha value is -6.89. The molecule has 60 heavy (non-hydrogen) atoms. The molecule has 11 aromatic rings. The van der Waals surface area contributed by atoms with E-state index in [1.54, 1.807) is 0 Å². The first-order valence-electron chi connectivity index (χ1n) is 20.3. The smallest absolute Gasteiger partial charge is 0.171 e. The van der Waals surface area contributed by atoms with Gasteiger partial charge in [0.05, 0.1) is 22.1 Å². The van der Waals surface area contributed by atoms with E-state index in [1.165, 1.54) is 32.1 Å². The standard InChI is InChI=1S/C55H40N2OP2/c1-59(42-20-6-2-7-21-42,43-22-8-3-9-23-43)44-35-33-40(34-36-44)56-52-31-16-14-29-48(52)50-37-38-51-49-30-15-17-32-53(49)57(55(51)54(50)56)41-19-18-28-47(39-41)60(58,45-24-10-4-11-25-45)46-26-12-5-13-27-46/h2-39H,1H2. The van der Waals surface area contributed by atoms with E-state index in [-0.39, 0.29) is 0 Å². The van der Waals surface area contributed by atoms with Crippen LogP contribution in [0.1, 0.15) is 0 Å². The predicted molar refractivity (Wildman–Crippen MR) is 260 cm³/mol. The Labute approximate surface area is 349 Å². The lowest BCUT2D eigenvalue weighted by molar-refractivity contribution is 0.592. The summed E-state index contributed by atoms with van der Waals surface area (Å²) in [4.78, 5) is 0. The van der Waals surface area contributed by atoms with E-state index in [0.29, 0.717) is 0 Å². The summed E-state index contributed by atoms with van der Waals surface area (Å²) in [5.74, 6) is 0. The van der Waals surface area contributed by atoms with Crippen molar-refractivity contribution in [1.82, 2.24) is 9.13 Å². The van der Waals surface area contributed by atoms with E-state index in [0.717, 1.165) is 54.7 Å². The van der Waals surface area contributed by atoms with Crippen molar-refractivity contribution in [2.24, 2.45) is 0 Å². The van der Waals surface area contributed by atoms with Crippen molar-refractivity contribution in [2.75, 3.05) is 0 Å². The molecule has 0 aliphatic heterocycles. The topological polar surface area (TPSA) is 26.9 Å². The minimum Gasteiger partial charge on any atom is -0.309 e. The Morgan fingerprint density at radius 2 is 0.700 bits per heavy atom. The summed E-state index contributed by atoms with van der Waals surface area (Å²) >= 11 is 0. The Bertz CT molecular complexity index is 3380. The lowest BCUT2D eigenvalue weighted by Gasteiger charge is -2.27. The minimum atomic E-state index is -3.24. The van der Waals surface area contributed by atoms with Crippen LogP contribution < -0.4 is 31.8 Å². The molecule has 0 unspecified atom stereocenters. The van der Waals surface area contributed by atoms with Gasteiger partial charge in [0.15, 0.2) is 7.14 Å². The molecule has 0 aliphatic carbocycles. The molecule has 0 atom stereocenters. The Kier molecular flexibility index (Phi) is 8.71. The zero-order valence-corrected chi connectivity index (χ0v) is 34.6. The maximum Gasteiger partial charge on any atom is 0.171 e. The molecule has 0 bridgehead atoms. The highest BCUT2D eigenvalue weighted by Gasteiger charge is 2.31. The maximum atomic E-state index is 15.7. The van der Waals surface area contributed by atoms with Crippen LogP contribution in [0.25, 0.3) is 55.0 Å². The van der Waals surface area contributed by atoms with Gasteiger partial charge in [0.1, 0.15) is 0 Å². The van der Waals surface area contributed by atoms with Crippen LogP contribution in [0, 0.1) is 0 Å². The van der Waals surface area contributed by atoms with Gasteiger partial charge in [0.25, 0.3) is 0 Å². The van der Waals surface area contributed by atoms with Crippen molar-refractivity contribution in [3.05, 3.63) is 231 Å². The van der Waals surface area contributed by atoms with Gasteiger partial charge in [-0.15, -0.1) is 0 Å². The zero-order chi connectivity index (χ0) is 40.3. The molecule has 11 rings (SSSR count). The average molecular weight is 807 g/mol. The normalized spacial score (nSPS) is 12.1. The van der Waals surface area contributed by atoms with Crippen molar-refractivity contribution >= 4 is 95.8 Å². The molecule has 0 amide bonds. The first-order chi connectivity index (χ1) is 29.5. The highest BCUT2D eigenvalue weighted by Crippen LogP contribution is 2.46. The lowest BCUT2D eigenvalue weighted by atomic mass is 10.1. The van der Waals surface area contributed by atoms with Crippen LogP contribution >= 0.6 is 14.0 Å². The number of fused-ring (bicyclic) bond motifs is 7. The molecule has 2 heterocycles. The number of nitrogens with zero attached hydrogens (tertiary/aromatic N) is 2. The first-order valence-corrected chi connectivity index (χ1v) is 24.0. The summed E-state index contributed by atoms with van der Waals surface area (Å²) in [6.07, 6.45) is 5.03. The summed E-state index contributed by atoms with van der Waals surface area (Å²) in [5, 5.41) is 10.8. The predicted octanol–water partition coefficient (Wildman–Crippen LogP) is 11.2. The van der Waals surface area contributed by atoms with Crippen LogP contribution in [-0.4, -0.2) is 15.4 Å². The molecule has 0 saturated heterocycles. The van der Waals surface area contributed by atoms with Gasteiger partial charge in [-0.2, -0.15) is 0 Å². The molecule has 0 fully saturated rings. The molecule has 3 nitrogen and oxygen atoms in total. The van der Waals surface area contributed by atoms with Gasteiger partial charge in [0, 0.05) is 48.8 Å². The molecule has 2 aromatic heterocycles. The quantitative estimate of drug-likeness (QED) is 0.141. The molecule has 9 aromatic carbocycles. The van der Waals surface area contributed by atoms with Crippen molar-refractivity contribution in [3.8, 4) is 11.4 Å². The summed E-state index contributed by atoms with van der Waals surface area (Å²) in [5.41, 5.74) is 6.50. The fourth-order valence-corrected chi connectivity index (χ4v) is 14.9. The Morgan fingerprint density at radius 1 is 0.317 bits per heavy atom. The number of benzene rings is 9. The maximum absolute atomic E-state index is 15.7. The molecule has 0 spiro atoms. The second kappa shape index (κ2) is 14.4. The number of rotatable bonds is 8. The monoisotopic (exact) mass is 806 g/mol. The average Bonchev–Trinajstić information content (AvgIpc) is 3.85. The number of hydrogen-bond acceptors (Lipinski definition) is 1. The van der Waals surface area contributed by atoms with E-state index in [9.17, 15) is 0 Å². The number of aromatic nitrogens is 2. The Morgan fingerprint density at radius 3 is 1.18 bits per heavy atom. The van der Waals surface area contributed by atoms with Crippen molar-refractivity contribution in [2.45, 2.75) is 0 Å². The van der Waals surface area contributed by atoms with Gasteiger partial charge in [-0.05, 0) is 59.2 Å². The molecular weight excluding hydrogens is 767 g/mol. The lowest BCUT2D eigenvalue weighted by Crippen LogP contribution is -2.25. The summed E-state index contributed by atoms with van der Waals surface area (Å²) < 4.78 is 20.5. The summed E-state index contributed by atoms with van der Waals surface area (Å²) in [6, 6.07) is 80.8. The van der Waals surface area contributed by atoms with Crippen molar-refractivity contribution in [3.63, 3.8) is 0 Å². The van der Waals surface area contributed by atoms with E-state index < -0.39 is 14.0 Å². The van der Waals surface area contributed by atoms with Crippen LogP contribution in [0.4, 0.5) is 0 Å². The highest BCUT2D eigenvalue weighted by molar-refractivity contribution is 7.93. The second-order valence-electron chi connectivity index (χ2n) is 15.4. The molecule has 0 radical (unpaired) electrons. The molecule has 0 saturated carbocycles.